The van der Waals surface area contributed by atoms with E-state index >= 15 is 0 Å². The fourth-order valence-electron chi connectivity index (χ4n) is 2.82. The van der Waals surface area contributed by atoms with Gasteiger partial charge in [0.15, 0.2) is 5.82 Å². The maximum absolute atomic E-state index is 12.3. The maximum atomic E-state index is 12.3. The SMILES string of the molecule is COCCCNC(=O)[C@H]1CC(=O)N(c2n[nH]c3ccccc23)C1. The second kappa shape index (κ2) is 6.78. The molecule has 1 aliphatic heterocycles. The zero-order chi connectivity index (χ0) is 16.2. The van der Waals surface area contributed by atoms with Crippen molar-refractivity contribution >= 4 is 28.5 Å². The molecule has 0 aliphatic carbocycles. The Hall–Kier alpha value is -2.41. The molecule has 1 saturated heterocycles. The highest BCUT2D eigenvalue weighted by Crippen LogP contribution is 2.29. The van der Waals surface area contributed by atoms with Gasteiger partial charge in [-0.1, -0.05) is 12.1 Å². The Morgan fingerprint density at radius 1 is 1.48 bits per heavy atom. The molecule has 2 heterocycles. The first-order valence-electron chi connectivity index (χ1n) is 7.71. The molecule has 1 aliphatic rings. The molecule has 0 bridgehead atoms. The molecular formula is C16H20N4O3. The van der Waals surface area contributed by atoms with Gasteiger partial charge in [0.2, 0.25) is 11.8 Å². The molecule has 1 aromatic heterocycles. The van der Waals surface area contributed by atoms with Crippen LogP contribution in [-0.4, -0.2) is 48.8 Å². The van der Waals surface area contributed by atoms with Gasteiger partial charge in [-0.3, -0.25) is 19.6 Å². The van der Waals surface area contributed by atoms with E-state index in [0.29, 0.717) is 25.5 Å². The number of amides is 2. The Morgan fingerprint density at radius 3 is 3.13 bits per heavy atom. The summed E-state index contributed by atoms with van der Waals surface area (Å²) in [6.07, 6.45) is 0.980. The van der Waals surface area contributed by atoms with E-state index in [4.69, 9.17) is 4.74 Å². The molecule has 1 fully saturated rings. The van der Waals surface area contributed by atoms with Crippen LogP contribution in [0.15, 0.2) is 24.3 Å². The van der Waals surface area contributed by atoms with Gasteiger partial charge >= 0.3 is 0 Å². The molecule has 7 heteroatoms. The van der Waals surface area contributed by atoms with E-state index < -0.39 is 0 Å². The average Bonchev–Trinajstić information content (AvgIpc) is 3.14. The number of ether oxygens (including phenoxy) is 1. The van der Waals surface area contributed by atoms with Gasteiger partial charge in [0.1, 0.15) is 0 Å². The normalized spacial score (nSPS) is 17.9. The standard InChI is InChI=1S/C16H20N4O3/c1-23-8-4-7-17-16(22)11-9-14(21)20(10-11)15-12-5-2-3-6-13(12)18-19-15/h2-3,5-6,11H,4,7-10H2,1H3,(H,17,22)(H,18,19)/t11-/m0/s1. The Kier molecular flexibility index (Phi) is 4.57. The third-order valence-electron chi connectivity index (χ3n) is 4.03. The van der Waals surface area contributed by atoms with Gasteiger partial charge in [-0.15, -0.1) is 0 Å². The lowest BCUT2D eigenvalue weighted by atomic mass is 10.1. The summed E-state index contributed by atoms with van der Waals surface area (Å²) in [5, 5.41) is 10.9. The van der Waals surface area contributed by atoms with E-state index in [2.05, 4.69) is 15.5 Å². The van der Waals surface area contributed by atoms with Crippen molar-refractivity contribution < 1.29 is 14.3 Å². The third kappa shape index (κ3) is 3.19. The predicted molar refractivity (Wildman–Crippen MR) is 86.1 cm³/mol. The maximum Gasteiger partial charge on any atom is 0.229 e. The smallest absolute Gasteiger partial charge is 0.229 e. The number of aromatic amines is 1. The summed E-state index contributed by atoms with van der Waals surface area (Å²) in [7, 11) is 1.63. The van der Waals surface area contributed by atoms with Crippen LogP contribution in [-0.2, 0) is 14.3 Å². The van der Waals surface area contributed by atoms with Crippen LogP contribution in [0.4, 0.5) is 5.82 Å². The molecule has 0 spiro atoms. The number of hydrogen-bond donors (Lipinski definition) is 2. The molecule has 122 valence electrons. The Labute approximate surface area is 134 Å². The number of H-pyrrole nitrogens is 1. The van der Waals surface area contributed by atoms with Crippen molar-refractivity contribution in [2.75, 3.05) is 31.7 Å². The van der Waals surface area contributed by atoms with E-state index in [-0.39, 0.29) is 24.2 Å². The molecular weight excluding hydrogens is 296 g/mol. The molecule has 3 rings (SSSR count). The zero-order valence-corrected chi connectivity index (χ0v) is 13.0. The second-order valence-electron chi connectivity index (χ2n) is 5.64. The van der Waals surface area contributed by atoms with Crippen LogP contribution < -0.4 is 10.2 Å². The summed E-state index contributed by atoms with van der Waals surface area (Å²) in [5.41, 5.74) is 0.878. The summed E-state index contributed by atoms with van der Waals surface area (Å²) in [5.74, 6) is 0.108. The van der Waals surface area contributed by atoms with Gasteiger partial charge < -0.3 is 10.1 Å². The lowest BCUT2D eigenvalue weighted by molar-refractivity contribution is -0.126. The van der Waals surface area contributed by atoms with Gasteiger partial charge in [-0.2, -0.15) is 5.10 Å². The molecule has 2 amide bonds. The summed E-state index contributed by atoms with van der Waals surface area (Å²) in [6, 6.07) is 7.64. The van der Waals surface area contributed by atoms with Gasteiger partial charge in [-0.25, -0.2) is 0 Å². The van der Waals surface area contributed by atoms with Gasteiger partial charge in [-0.05, 0) is 18.6 Å². The van der Waals surface area contributed by atoms with Gasteiger partial charge in [0.25, 0.3) is 0 Å². The first-order valence-corrected chi connectivity index (χ1v) is 7.71. The zero-order valence-electron chi connectivity index (χ0n) is 13.0. The van der Waals surface area contributed by atoms with Gasteiger partial charge in [0, 0.05) is 38.6 Å². The van der Waals surface area contributed by atoms with Crippen LogP contribution in [0.2, 0.25) is 0 Å². The number of nitrogens with zero attached hydrogens (tertiary/aromatic N) is 2. The summed E-state index contributed by atoms with van der Waals surface area (Å²) < 4.78 is 4.95. The lowest BCUT2D eigenvalue weighted by Crippen LogP contribution is -2.34. The topological polar surface area (TPSA) is 87.3 Å². The van der Waals surface area contributed by atoms with E-state index in [1.807, 2.05) is 24.3 Å². The van der Waals surface area contributed by atoms with Crippen molar-refractivity contribution in [3.05, 3.63) is 24.3 Å². The van der Waals surface area contributed by atoms with Crippen molar-refractivity contribution in [1.82, 2.24) is 15.5 Å². The summed E-state index contributed by atoms with van der Waals surface area (Å²) in [4.78, 5) is 26.0. The molecule has 0 saturated carbocycles. The number of anilines is 1. The highest BCUT2D eigenvalue weighted by Gasteiger charge is 2.36. The Bertz CT molecular complexity index is 712. The van der Waals surface area contributed by atoms with Crippen molar-refractivity contribution in [2.24, 2.45) is 5.92 Å². The largest absolute Gasteiger partial charge is 0.385 e. The van der Waals surface area contributed by atoms with E-state index in [0.717, 1.165) is 17.3 Å². The Balaban J connectivity index is 1.67. The molecule has 0 radical (unpaired) electrons. The fraction of sp³-hybridized carbons (Fsp3) is 0.438. The van der Waals surface area contributed by atoms with E-state index in [1.165, 1.54) is 0 Å². The first-order chi connectivity index (χ1) is 11.2. The quantitative estimate of drug-likeness (QED) is 0.780. The predicted octanol–water partition coefficient (Wildman–Crippen LogP) is 1.07. The van der Waals surface area contributed by atoms with Crippen LogP contribution in [0.25, 0.3) is 10.9 Å². The van der Waals surface area contributed by atoms with Gasteiger partial charge in [0.05, 0.1) is 11.4 Å². The minimum absolute atomic E-state index is 0.0701. The highest BCUT2D eigenvalue weighted by atomic mass is 16.5. The van der Waals surface area contributed by atoms with Crippen molar-refractivity contribution in [2.45, 2.75) is 12.8 Å². The number of carbonyl (C=O) groups is 2. The van der Waals surface area contributed by atoms with Crippen molar-refractivity contribution in [3.8, 4) is 0 Å². The monoisotopic (exact) mass is 316 g/mol. The molecule has 2 N–H and O–H groups in total. The molecule has 0 unspecified atom stereocenters. The van der Waals surface area contributed by atoms with Crippen LogP contribution >= 0.6 is 0 Å². The van der Waals surface area contributed by atoms with Crippen LogP contribution in [0.1, 0.15) is 12.8 Å². The average molecular weight is 316 g/mol. The minimum Gasteiger partial charge on any atom is -0.385 e. The van der Waals surface area contributed by atoms with Crippen LogP contribution in [0, 0.1) is 5.92 Å². The molecule has 1 aromatic carbocycles. The number of nitrogens with one attached hydrogen (secondary N) is 2. The number of carbonyl (C=O) groups excluding carboxylic acids is 2. The number of para-hydroxylation sites is 1. The van der Waals surface area contributed by atoms with E-state index in [9.17, 15) is 9.59 Å². The van der Waals surface area contributed by atoms with E-state index in [1.54, 1.807) is 12.0 Å². The van der Waals surface area contributed by atoms with Crippen molar-refractivity contribution in [3.63, 3.8) is 0 Å². The number of rotatable bonds is 6. The molecule has 2 aromatic rings. The van der Waals surface area contributed by atoms with Crippen molar-refractivity contribution in [1.29, 1.82) is 0 Å². The number of aromatic nitrogens is 2. The lowest BCUT2D eigenvalue weighted by Gasteiger charge is -2.14. The number of fused-ring (bicyclic) bond motifs is 1. The summed E-state index contributed by atoms with van der Waals surface area (Å²) in [6.45, 7) is 1.53. The Morgan fingerprint density at radius 2 is 2.30 bits per heavy atom. The number of methoxy groups -OCH3 is 1. The first kappa shape index (κ1) is 15.5. The van der Waals surface area contributed by atoms with Crippen LogP contribution in [0.3, 0.4) is 0 Å². The fourth-order valence-corrected chi connectivity index (χ4v) is 2.82. The summed E-state index contributed by atoms with van der Waals surface area (Å²) >= 11 is 0. The minimum atomic E-state index is -0.333. The molecule has 7 nitrogen and oxygen atoms in total. The molecule has 1 atom stereocenters. The number of benzene rings is 1. The third-order valence-corrected chi connectivity index (χ3v) is 4.03. The number of hydrogen-bond acceptors (Lipinski definition) is 4. The highest BCUT2D eigenvalue weighted by molar-refractivity contribution is 6.05. The second-order valence-corrected chi connectivity index (χ2v) is 5.64. The molecule has 23 heavy (non-hydrogen) atoms. The van der Waals surface area contributed by atoms with Crippen LogP contribution in [0.5, 0.6) is 0 Å².